The Morgan fingerprint density at radius 3 is 2.71 bits per heavy atom. The Hall–Kier alpha value is -1.24. The average Bonchev–Trinajstić information content (AvgIpc) is 3.23. The Balaban J connectivity index is 1.36. The number of rotatable bonds is 4. The molecule has 130 valence electrons. The highest BCUT2D eigenvalue weighted by molar-refractivity contribution is 7.09. The average molecular weight is 346 g/mol. The number of likely N-dealkylation sites (tertiary alicyclic amines) is 2. The van der Waals surface area contributed by atoms with Crippen molar-refractivity contribution in [3.8, 4) is 0 Å². The number of thiazole rings is 1. The van der Waals surface area contributed by atoms with Gasteiger partial charge in [-0.05, 0) is 44.7 Å². The minimum Gasteiger partial charge on any atom is -0.298 e. The monoisotopic (exact) mass is 345 g/mol. The summed E-state index contributed by atoms with van der Waals surface area (Å²) in [5.74, 6) is 0. The highest BCUT2D eigenvalue weighted by atomic mass is 32.1. The molecule has 2 aromatic rings. The topological polar surface area (TPSA) is 37.2 Å². The molecule has 2 aromatic heterocycles. The highest BCUT2D eigenvalue weighted by Gasteiger charge is 2.41. The van der Waals surface area contributed by atoms with Gasteiger partial charge in [0.05, 0.1) is 16.9 Å². The molecule has 2 aliphatic heterocycles. The Bertz CT molecular complexity index is 693. The molecule has 4 rings (SSSR count). The van der Waals surface area contributed by atoms with Crippen LogP contribution in [0.15, 0.2) is 17.8 Å². The van der Waals surface area contributed by atoms with Crippen molar-refractivity contribution in [1.82, 2.24) is 24.6 Å². The van der Waals surface area contributed by atoms with Crippen LogP contribution in [0.1, 0.15) is 35.5 Å². The first-order chi connectivity index (χ1) is 11.6. The third-order valence-electron chi connectivity index (χ3n) is 5.47. The van der Waals surface area contributed by atoms with E-state index < -0.39 is 0 Å². The Labute approximate surface area is 148 Å². The summed E-state index contributed by atoms with van der Waals surface area (Å²) in [5, 5.41) is 7.71. The van der Waals surface area contributed by atoms with Crippen LogP contribution in [0.3, 0.4) is 0 Å². The van der Waals surface area contributed by atoms with E-state index in [2.05, 4.69) is 38.4 Å². The van der Waals surface area contributed by atoms with E-state index >= 15 is 0 Å². The van der Waals surface area contributed by atoms with E-state index in [1.54, 1.807) is 11.3 Å². The van der Waals surface area contributed by atoms with Crippen molar-refractivity contribution < 1.29 is 0 Å². The maximum absolute atomic E-state index is 4.64. The largest absolute Gasteiger partial charge is 0.298 e. The summed E-state index contributed by atoms with van der Waals surface area (Å²) in [7, 11) is 2.00. The number of nitrogens with zero attached hydrogens (tertiary/aromatic N) is 5. The van der Waals surface area contributed by atoms with Gasteiger partial charge in [0.1, 0.15) is 0 Å². The summed E-state index contributed by atoms with van der Waals surface area (Å²) >= 11 is 1.76. The number of hydrogen-bond acceptors (Lipinski definition) is 5. The lowest BCUT2D eigenvalue weighted by atomic mass is 9.79. The molecule has 1 unspecified atom stereocenters. The fourth-order valence-corrected chi connectivity index (χ4v) is 5.07. The second kappa shape index (κ2) is 6.58. The lowest BCUT2D eigenvalue weighted by Gasteiger charge is -2.40. The van der Waals surface area contributed by atoms with E-state index in [1.165, 1.54) is 61.7 Å². The molecule has 24 heavy (non-hydrogen) atoms. The molecule has 0 aliphatic carbocycles. The van der Waals surface area contributed by atoms with Gasteiger partial charge in [-0.3, -0.25) is 14.5 Å². The molecule has 2 fully saturated rings. The minimum absolute atomic E-state index is 0.492. The summed E-state index contributed by atoms with van der Waals surface area (Å²) < 4.78 is 1.90. The highest BCUT2D eigenvalue weighted by Crippen LogP contribution is 2.39. The van der Waals surface area contributed by atoms with Crippen LogP contribution < -0.4 is 0 Å². The number of aryl methyl sites for hydroxylation is 2. The molecule has 4 heterocycles. The number of aromatic nitrogens is 3. The molecule has 0 N–H and O–H groups in total. The van der Waals surface area contributed by atoms with Gasteiger partial charge < -0.3 is 0 Å². The summed E-state index contributed by atoms with van der Waals surface area (Å²) in [6.07, 6.45) is 8.19. The molecule has 5 nitrogen and oxygen atoms in total. The fourth-order valence-electron chi connectivity index (χ4n) is 4.46. The first-order valence-corrected chi connectivity index (χ1v) is 9.82. The van der Waals surface area contributed by atoms with Crippen molar-refractivity contribution in [1.29, 1.82) is 0 Å². The van der Waals surface area contributed by atoms with E-state index in [-0.39, 0.29) is 0 Å². The van der Waals surface area contributed by atoms with Gasteiger partial charge >= 0.3 is 0 Å². The molecular weight excluding hydrogens is 318 g/mol. The number of hydrogen-bond donors (Lipinski definition) is 0. The van der Waals surface area contributed by atoms with Gasteiger partial charge in [0, 0.05) is 50.4 Å². The van der Waals surface area contributed by atoms with E-state index in [0.717, 1.165) is 13.1 Å². The molecule has 0 radical (unpaired) electrons. The molecule has 0 bridgehead atoms. The van der Waals surface area contributed by atoms with E-state index in [9.17, 15) is 0 Å². The van der Waals surface area contributed by atoms with Crippen LogP contribution in [-0.2, 0) is 20.1 Å². The third kappa shape index (κ3) is 3.55. The summed E-state index contributed by atoms with van der Waals surface area (Å²) in [6.45, 7) is 9.06. The molecule has 2 saturated heterocycles. The van der Waals surface area contributed by atoms with Gasteiger partial charge in [-0.25, -0.2) is 4.98 Å². The lowest BCUT2D eigenvalue weighted by molar-refractivity contribution is 0.0865. The minimum atomic E-state index is 0.492. The molecule has 6 heteroatoms. The molecule has 2 aliphatic rings. The van der Waals surface area contributed by atoms with Crippen LogP contribution in [0, 0.1) is 12.3 Å². The predicted octanol–water partition coefficient (Wildman–Crippen LogP) is 2.67. The maximum Gasteiger partial charge on any atom is 0.0897 e. The van der Waals surface area contributed by atoms with Crippen LogP contribution in [-0.4, -0.2) is 50.7 Å². The van der Waals surface area contributed by atoms with Gasteiger partial charge in [-0.1, -0.05) is 0 Å². The summed E-state index contributed by atoms with van der Waals surface area (Å²) in [6, 6.07) is 0. The van der Waals surface area contributed by atoms with Gasteiger partial charge in [0.2, 0.25) is 0 Å². The van der Waals surface area contributed by atoms with Crippen molar-refractivity contribution >= 4 is 11.3 Å². The molecule has 0 saturated carbocycles. The molecule has 1 atom stereocenters. The second-order valence-electron chi connectivity index (χ2n) is 7.65. The van der Waals surface area contributed by atoms with Crippen LogP contribution in [0.25, 0.3) is 0 Å². The predicted molar refractivity (Wildman–Crippen MR) is 96.9 cm³/mol. The normalized spacial score (nSPS) is 25.8. The van der Waals surface area contributed by atoms with Crippen LogP contribution >= 0.6 is 11.3 Å². The van der Waals surface area contributed by atoms with E-state index in [1.807, 2.05) is 17.9 Å². The van der Waals surface area contributed by atoms with Crippen LogP contribution in [0.4, 0.5) is 0 Å². The molecule has 0 aromatic carbocycles. The van der Waals surface area contributed by atoms with Gasteiger partial charge in [0.15, 0.2) is 0 Å². The summed E-state index contributed by atoms with van der Waals surface area (Å²) in [4.78, 5) is 9.89. The SMILES string of the molecule is Cc1nc(CN2CCC3(CCCN(Cc4cnn(C)c4)C3)C2)cs1. The summed E-state index contributed by atoms with van der Waals surface area (Å²) in [5.41, 5.74) is 3.07. The van der Waals surface area contributed by atoms with Crippen molar-refractivity contribution in [3.63, 3.8) is 0 Å². The zero-order valence-corrected chi connectivity index (χ0v) is 15.6. The Morgan fingerprint density at radius 1 is 1.17 bits per heavy atom. The van der Waals surface area contributed by atoms with Crippen molar-refractivity contribution in [2.24, 2.45) is 12.5 Å². The second-order valence-corrected chi connectivity index (χ2v) is 8.72. The first-order valence-electron chi connectivity index (χ1n) is 8.94. The third-order valence-corrected chi connectivity index (χ3v) is 6.30. The molecule has 0 amide bonds. The van der Waals surface area contributed by atoms with Crippen molar-refractivity contribution in [2.45, 2.75) is 39.3 Å². The fraction of sp³-hybridized carbons (Fsp3) is 0.667. The first kappa shape index (κ1) is 16.2. The van der Waals surface area contributed by atoms with Gasteiger partial charge in [-0.15, -0.1) is 11.3 Å². The van der Waals surface area contributed by atoms with Crippen LogP contribution in [0.5, 0.6) is 0 Å². The van der Waals surface area contributed by atoms with E-state index in [0.29, 0.717) is 5.41 Å². The lowest BCUT2D eigenvalue weighted by Crippen LogP contribution is -2.44. The standard InChI is InChI=1S/C18H27N5S/c1-15-20-17(12-24-15)11-23-7-5-18(14-23)4-3-6-22(13-18)10-16-8-19-21(2)9-16/h8-9,12H,3-7,10-11,13-14H2,1-2H3. The zero-order chi connectivity index (χ0) is 16.6. The van der Waals surface area contributed by atoms with Crippen molar-refractivity contribution in [2.75, 3.05) is 26.2 Å². The van der Waals surface area contributed by atoms with Gasteiger partial charge in [-0.2, -0.15) is 5.10 Å². The Morgan fingerprint density at radius 2 is 2.00 bits per heavy atom. The maximum atomic E-state index is 4.64. The van der Waals surface area contributed by atoms with Crippen LogP contribution in [0.2, 0.25) is 0 Å². The zero-order valence-electron chi connectivity index (χ0n) is 14.7. The Kier molecular flexibility index (Phi) is 4.45. The van der Waals surface area contributed by atoms with E-state index in [4.69, 9.17) is 0 Å². The van der Waals surface area contributed by atoms with Crippen molar-refractivity contribution in [3.05, 3.63) is 34.0 Å². The quantitative estimate of drug-likeness (QED) is 0.854. The van der Waals surface area contributed by atoms with Gasteiger partial charge in [0.25, 0.3) is 0 Å². The smallest absolute Gasteiger partial charge is 0.0897 e. The number of piperidine rings is 1. The molecular formula is C18H27N5S. The molecule has 1 spiro atoms.